The fourth-order valence-electron chi connectivity index (χ4n) is 4.75. The Hall–Kier alpha value is -4.53. The van der Waals surface area contributed by atoms with Crippen molar-refractivity contribution in [3.63, 3.8) is 0 Å². The highest BCUT2D eigenvalue weighted by atomic mass is 32.2. The lowest BCUT2D eigenvalue weighted by Crippen LogP contribution is -2.30. The van der Waals surface area contributed by atoms with Crippen LogP contribution in [0.3, 0.4) is 0 Å². The Morgan fingerprint density at radius 2 is 1.60 bits per heavy atom. The number of carbonyl (C=O) groups excluding carboxylic acids is 1. The van der Waals surface area contributed by atoms with Crippen LogP contribution in [-0.4, -0.2) is 24.9 Å². The molecule has 0 saturated carbocycles. The van der Waals surface area contributed by atoms with Crippen LogP contribution in [0.1, 0.15) is 29.7 Å². The number of para-hydroxylation sites is 1. The molecule has 5 nitrogen and oxygen atoms in total. The van der Waals surface area contributed by atoms with E-state index in [0.717, 1.165) is 22.4 Å². The van der Waals surface area contributed by atoms with Crippen molar-refractivity contribution >= 4 is 40.3 Å². The van der Waals surface area contributed by atoms with Crippen molar-refractivity contribution in [2.75, 3.05) is 0 Å². The molecule has 0 spiro atoms. The molecule has 0 bridgehead atoms. The van der Waals surface area contributed by atoms with Crippen LogP contribution >= 0.6 is 24.0 Å². The maximum Gasteiger partial charge on any atom is 0.266 e. The molecule has 1 aliphatic rings. The number of ether oxygens (including phenoxy) is 1. The molecule has 208 valence electrons. The van der Waals surface area contributed by atoms with Crippen LogP contribution in [0, 0.1) is 5.82 Å². The second-order valence-corrected chi connectivity index (χ2v) is 11.4. The summed E-state index contributed by atoms with van der Waals surface area (Å²) in [4.78, 5) is 15.8. The molecule has 1 aliphatic heterocycles. The molecule has 1 aromatic heterocycles. The van der Waals surface area contributed by atoms with E-state index in [-0.39, 0.29) is 24.4 Å². The Kier molecular flexibility index (Phi) is 7.99. The van der Waals surface area contributed by atoms with Crippen molar-refractivity contribution in [3.8, 4) is 22.7 Å². The van der Waals surface area contributed by atoms with E-state index in [9.17, 15) is 9.18 Å². The van der Waals surface area contributed by atoms with Gasteiger partial charge in [-0.3, -0.25) is 9.69 Å². The highest BCUT2D eigenvalue weighted by Crippen LogP contribution is 2.39. The standard InChI is InChI=1S/C34H26FN3O2S2/c1-23(24-10-4-2-5-11-24)38-33(39)31(42-34(38)41)20-27-21-37(28-13-6-3-7-14-28)36-32(27)25-16-18-29(19-17-25)40-22-26-12-8-9-15-30(26)35/h2-21,23H,22H2,1H3/b31-20-/t23-/m0/s1. The summed E-state index contributed by atoms with van der Waals surface area (Å²) in [6, 6.07) is 33.5. The van der Waals surface area contributed by atoms with Gasteiger partial charge in [-0.15, -0.1) is 0 Å². The fourth-order valence-corrected chi connectivity index (χ4v) is 6.16. The molecule has 0 radical (unpaired) electrons. The van der Waals surface area contributed by atoms with Gasteiger partial charge in [0, 0.05) is 22.9 Å². The van der Waals surface area contributed by atoms with Crippen LogP contribution in [0.2, 0.25) is 0 Å². The third kappa shape index (κ3) is 5.77. The molecular weight excluding hydrogens is 566 g/mol. The van der Waals surface area contributed by atoms with Crippen LogP contribution in [0.25, 0.3) is 23.0 Å². The lowest BCUT2D eigenvalue weighted by molar-refractivity contribution is -0.123. The number of benzene rings is 4. The van der Waals surface area contributed by atoms with Crippen LogP contribution < -0.4 is 4.74 Å². The van der Waals surface area contributed by atoms with Crippen molar-refractivity contribution in [3.05, 3.63) is 143 Å². The number of hydrogen-bond donors (Lipinski definition) is 0. The van der Waals surface area contributed by atoms with E-state index >= 15 is 0 Å². The zero-order valence-electron chi connectivity index (χ0n) is 22.7. The molecule has 1 amide bonds. The van der Waals surface area contributed by atoms with Gasteiger partial charge in [-0.2, -0.15) is 5.10 Å². The van der Waals surface area contributed by atoms with Gasteiger partial charge < -0.3 is 4.74 Å². The molecule has 4 aromatic carbocycles. The molecule has 0 N–H and O–H groups in total. The van der Waals surface area contributed by atoms with E-state index in [2.05, 4.69) is 0 Å². The van der Waals surface area contributed by atoms with Crippen LogP contribution in [-0.2, 0) is 11.4 Å². The number of hydrogen-bond acceptors (Lipinski definition) is 5. The smallest absolute Gasteiger partial charge is 0.266 e. The van der Waals surface area contributed by atoms with Crippen molar-refractivity contribution in [1.29, 1.82) is 0 Å². The molecule has 1 atom stereocenters. The van der Waals surface area contributed by atoms with E-state index < -0.39 is 0 Å². The number of halogens is 1. The van der Waals surface area contributed by atoms with E-state index in [0.29, 0.717) is 26.2 Å². The van der Waals surface area contributed by atoms with Crippen molar-refractivity contribution in [2.24, 2.45) is 0 Å². The summed E-state index contributed by atoms with van der Waals surface area (Å²) in [7, 11) is 0. The summed E-state index contributed by atoms with van der Waals surface area (Å²) in [5.41, 5.74) is 4.75. The first-order chi connectivity index (χ1) is 20.5. The molecule has 0 aliphatic carbocycles. The van der Waals surface area contributed by atoms with Crippen LogP contribution in [0.15, 0.2) is 120 Å². The van der Waals surface area contributed by atoms with Crippen molar-refractivity contribution in [2.45, 2.75) is 19.6 Å². The molecule has 1 fully saturated rings. The molecule has 42 heavy (non-hydrogen) atoms. The van der Waals surface area contributed by atoms with Gasteiger partial charge in [0.1, 0.15) is 22.5 Å². The Bertz CT molecular complexity index is 1770. The Labute approximate surface area is 253 Å². The highest BCUT2D eigenvalue weighted by Gasteiger charge is 2.36. The third-order valence-electron chi connectivity index (χ3n) is 7.02. The average Bonchev–Trinajstić information content (AvgIpc) is 3.57. The van der Waals surface area contributed by atoms with E-state index in [4.69, 9.17) is 22.1 Å². The second kappa shape index (κ2) is 12.1. The van der Waals surface area contributed by atoms with Crippen molar-refractivity contribution in [1.82, 2.24) is 14.7 Å². The zero-order chi connectivity index (χ0) is 29.1. The zero-order valence-corrected chi connectivity index (χ0v) is 24.3. The topological polar surface area (TPSA) is 47.4 Å². The number of thiocarbonyl (C=S) groups is 1. The first-order valence-corrected chi connectivity index (χ1v) is 14.6. The predicted molar refractivity (Wildman–Crippen MR) is 170 cm³/mol. The summed E-state index contributed by atoms with van der Waals surface area (Å²) in [6.07, 6.45) is 3.78. The van der Waals surface area contributed by atoms with E-state index in [1.807, 2.05) is 104 Å². The van der Waals surface area contributed by atoms with Gasteiger partial charge in [0.15, 0.2) is 0 Å². The van der Waals surface area contributed by atoms with Crippen LogP contribution in [0.5, 0.6) is 5.75 Å². The van der Waals surface area contributed by atoms with Gasteiger partial charge in [-0.25, -0.2) is 9.07 Å². The van der Waals surface area contributed by atoms with E-state index in [1.54, 1.807) is 27.8 Å². The Morgan fingerprint density at radius 1 is 0.929 bits per heavy atom. The average molecular weight is 592 g/mol. The monoisotopic (exact) mass is 591 g/mol. The molecule has 8 heteroatoms. The largest absolute Gasteiger partial charge is 0.489 e. The molecular formula is C34H26FN3O2S2. The Balaban J connectivity index is 1.31. The summed E-state index contributed by atoms with van der Waals surface area (Å²) in [5, 5.41) is 4.89. The van der Waals surface area contributed by atoms with Gasteiger partial charge in [-0.05, 0) is 61.0 Å². The number of carbonyl (C=O) groups is 1. The summed E-state index contributed by atoms with van der Waals surface area (Å²) >= 11 is 6.94. The van der Waals surface area contributed by atoms with Crippen molar-refractivity contribution < 1.29 is 13.9 Å². The van der Waals surface area contributed by atoms with Gasteiger partial charge in [0.2, 0.25) is 0 Å². The molecule has 5 aromatic rings. The van der Waals surface area contributed by atoms with E-state index in [1.165, 1.54) is 17.8 Å². The van der Waals surface area contributed by atoms with Crippen LogP contribution in [0.4, 0.5) is 4.39 Å². The summed E-state index contributed by atoms with van der Waals surface area (Å²) in [6.45, 7) is 2.11. The highest BCUT2D eigenvalue weighted by molar-refractivity contribution is 8.26. The molecule has 1 saturated heterocycles. The van der Waals surface area contributed by atoms with Gasteiger partial charge in [-0.1, -0.05) is 90.7 Å². The van der Waals surface area contributed by atoms with Gasteiger partial charge in [0.25, 0.3) is 5.91 Å². The number of nitrogens with zero attached hydrogens (tertiary/aromatic N) is 3. The third-order valence-corrected chi connectivity index (χ3v) is 8.35. The lowest BCUT2D eigenvalue weighted by Gasteiger charge is -2.23. The SMILES string of the molecule is C[C@@H](c1ccccc1)N1C(=O)/C(=C/c2cn(-c3ccccc3)nc2-c2ccc(OCc3ccccc3F)cc2)SC1=S. The molecule has 2 heterocycles. The quantitative estimate of drug-likeness (QED) is 0.134. The number of thioether (sulfide) groups is 1. The molecule has 0 unspecified atom stereocenters. The maximum atomic E-state index is 14.0. The molecule has 6 rings (SSSR count). The first kappa shape index (κ1) is 27.6. The number of amides is 1. The van der Waals surface area contributed by atoms with Gasteiger partial charge >= 0.3 is 0 Å². The predicted octanol–water partition coefficient (Wildman–Crippen LogP) is 8.22. The second-order valence-electron chi connectivity index (χ2n) is 9.76. The Morgan fingerprint density at radius 3 is 2.31 bits per heavy atom. The minimum atomic E-state index is -0.297. The van der Waals surface area contributed by atoms with Gasteiger partial charge in [0.05, 0.1) is 22.3 Å². The maximum absolute atomic E-state index is 14.0. The minimum absolute atomic E-state index is 0.128. The fraction of sp³-hybridized carbons (Fsp3) is 0.0882. The lowest BCUT2D eigenvalue weighted by atomic mass is 10.1. The minimum Gasteiger partial charge on any atom is -0.489 e. The number of rotatable bonds is 8. The first-order valence-electron chi connectivity index (χ1n) is 13.4. The number of aromatic nitrogens is 2. The normalized spacial score (nSPS) is 14.9. The summed E-state index contributed by atoms with van der Waals surface area (Å²) < 4.78 is 22.2. The summed E-state index contributed by atoms with van der Waals surface area (Å²) in [5.74, 6) is 0.187.